The fourth-order valence-corrected chi connectivity index (χ4v) is 4.32. The Labute approximate surface area is 209 Å². The van der Waals surface area contributed by atoms with Crippen LogP contribution in [0.15, 0.2) is 57.5 Å². The van der Waals surface area contributed by atoms with E-state index in [1.165, 1.54) is 11.6 Å². The van der Waals surface area contributed by atoms with Gasteiger partial charge < -0.3 is 14.6 Å². The molecule has 0 aliphatic carbocycles. The van der Waals surface area contributed by atoms with Crippen LogP contribution in [-0.4, -0.2) is 35.0 Å². The lowest BCUT2D eigenvalue weighted by molar-refractivity contribution is -0.124. The minimum Gasteiger partial charge on any atom is -0.506 e. The molecule has 2 aromatic carbocycles. The topological polar surface area (TPSA) is 117 Å². The third-order valence-corrected chi connectivity index (χ3v) is 5.67. The zero-order chi connectivity index (χ0) is 24.4. The zero-order valence-electron chi connectivity index (χ0n) is 18.2. The number of hydrogen-bond acceptors (Lipinski definition) is 6. The molecule has 4 N–H and O–H groups in total. The average Bonchev–Trinajstić information content (AvgIpc) is 2.78. The van der Waals surface area contributed by atoms with Gasteiger partial charge in [-0.05, 0) is 66.9 Å². The number of ether oxygens (including phenoxy) is 2. The predicted octanol–water partition coefficient (Wildman–Crippen LogP) is 5.76. The molecule has 0 saturated heterocycles. The number of benzene rings is 2. The Kier molecular flexibility index (Phi) is 10.9. The van der Waals surface area contributed by atoms with Gasteiger partial charge in [0.1, 0.15) is 5.75 Å². The lowest BCUT2D eigenvalue weighted by atomic mass is 9.99. The number of rotatable bonds is 10. The Balaban J connectivity index is 2.31. The molecule has 0 aliphatic heterocycles. The summed E-state index contributed by atoms with van der Waals surface area (Å²) < 4.78 is 12.7. The molecule has 2 aromatic rings. The van der Waals surface area contributed by atoms with Gasteiger partial charge in [-0.1, -0.05) is 39.7 Å². The Hall–Kier alpha value is -2.40. The summed E-state index contributed by atoms with van der Waals surface area (Å²) in [4.78, 5) is 23.9. The highest BCUT2D eigenvalue weighted by Gasteiger charge is 2.31. The summed E-state index contributed by atoms with van der Waals surface area (Å²) in [6, 6.07) is 10.6. The van der Waals surface area contributed by atoms with E-state index in [1.807, 2.05) is 26.0 Å². The van der Waals surface area contributed by atoms with E-state index in [0.717, 1.165) is 5.56 Å². The molecule has 2 amide bonds. The maximum absolute atomic E-state index is 12.7. The van der Waals surface area contributed by atoms with Crippen LogP contribution in [0, 0.1) is 6.92 Å². The number of aryl methyl sites for hydroxylation is 1. The lowest BCUT2D eigenvalue weighted by Crippen LogP contribution is -2.29. The first kappa shape index (κ1) is 26.8. The highest BCUT2D eigenvalue weighted by atomic mass is 79.9. The van der Waals surface area contributed by atoms with E-state index < -0.39 is 24.2 Å². The van der Waals surface area contributed by atoms with Gasteiger partial charge in [-0.25, -0.2) is 10.3 Å². The molecule has 0 fully saturated rings. The summed E-state index contributed by atoms with van der Waals surface area (Å²) in [7, 11) is 0. The summed E-state index contributed by atoms with van der Waals surface area (Å²) in [6.45, 7) is 4.08. The summed E-state index contributed by atoms with van der Waals surface area (Å²) in [6.07, 6.45) is 1.23. The Morgan fingerprint density at radius 2 is 1.88 bits per heavy atom. The van der Waals surface area contributed by atoms with Crippen molar-refractivity contribution in [3.63, 3.8) is 0 Å². The van der Waals surface area contributed by atoms with E-state index in [1.54, 1.807) is 30.3 Å². The predicted molar refractivity (Wildman–Crippen MR) is 131 cm³/mol. The first-order valence-corrected chi connectivity index (χ1v) is 11.8. The normalized spacial score (nSPS) is 12.9. The lowest BCUT2D eigenvalue weighted by Gasteiger charge is -2.28. The van der Waals surface area contributed by atoms with Gasteiger partial charge in [0.15, 0.2) is 6.10 Å². The standard InChI is InChI=1S/C23H26Br2N2O6/c1-3-32-19(6-4-5-7-20(28)27-31)22(17-12-15(24)13-18(25)21(17)29)33-23(30)26-16-10-8-14(2)9-11-16/h5,7-13,19,22,29,31H,3-4,6H2,1-2H3,(H,26,30)(H,27,28)/b7-5+/t19-,22-/m1/s1. The number of carbonyl (C=O) groups excluding carboxylic acids is 2. The number of phenolic OH excluding ortho intramolecular Hbond substituents is 1. The second kappa shape index (κ2) is 13.3. The second-order valence-corrected chi connectivity index (χ2v) is 8.86. The molecule has 0 spiro atoms. The molecule has 178 valence electrons. The monoisotopic (exact) mass is 584 g/mol. The highest BCUT2D eigenvalue weighted by molar-refractivity contribution is 9.11. The molecule has 0 heterocycles. The number of nitrogens with one attached hydrogen (secondary N) is 2. The molecule has 33 heavy (non-hydrogen) atoms. The maximum Gasteiger partial charge on any atom is 0.412 e. The fourth-order valence-electron chi connectivity index (χ4n) is 3.07. The number of aromatic hydroxyl groups is 1. The molecule has 0 saturated carbocycles. The van der Waals surface area contributed by atoms with Gasteiger partial charge in [-0.3, -0.25) is 15.3 Å². The van der Waals surface area contributed by atoms with Crippen LogP contribution in [0.1, 0.15) is 37.0 Å². The molecule has 0 unspecified atom stereocenters. The molecule has 0 aromatic heterocycles. The van der Waals surface area contributed by atoms with Gasteiger partial charge in [-0.2, -0.15) is 0 Å². The van der Waals surface area contributed by atoms with Gasteiger partial charge in [0.05, 0.1) is 10.6 Å². The van der Waals surface area contributed by atoms with Crippen LogP contribution in [0.25, 0.3) is 0 Å². The van der Waals surface area contributed by atoms with Gasteiger partial charge in [0.25, 0.3) is 5.91 Å². The van der Waals surface area contributed by atoms with Crippen LogP contribution in [-0.2, 0) is 14.3 Å². The van der Waals surface area contributed by atoms with E-state index in [0.29, 0.717) is 39.6 Å². The number of allylic oxidation sites excluding steroid dienone is 1. The smallest absolute Gasteiger partial charge is 0.412 e. The van der Waals surface area contributed by atoms with E-state index in [4.69, 9.17) is 14.7 Å². The highest BCUT2D eigenvalue weighted by Crippen LogP contribution is 2.39. The van der Waals surface area contributed by atoms with Crippen LogP contribution >= 0.6 is 31.9 Å². The third kappa shape index (κ3) is 8.47. The SMILES string of the molecule is CCO[C@H](CC/C=C/C(=O)NO)[C@H](OC(=O)Nc1ccc(C)cc1)c1cc(Br)cc(Br)c1O. The summed E-state index contributed by atoms with van der Waals surface area (Å²) >= 11 is 6.71. The van der Waals surface area contributed by atoms with Crippen molar-refractivity contribution in [1.29, 1.82) is 0 Å². The minimum absolute atomic E-state index is 0.0776. The first-order valence-electron chi connectivity index (χ1n) is 10.2. The molecule has 0 bridgehead atoms. The van der Waals surface area contributed by atoms with Crippen molar-refractivity contribution in [2.75, 3.05) is 11.9 Å². The van der Waals surface area contributed by atoms with Gasteiger partial charge in [0, 0.05) is 28.4 Å². The molecular formula is C23H26Br2N2O6. The molecule has 0 aliphatic rings. The molecule has 0 radical (unpaired) electrons. The van der Waals surface area contributed by atoms with Crippen molar-refractivity contribution in [3.05, 3.63) is 68.6 Å². The fraction of sp³-hybridized carbons (Fsp3) is 0.304. The van der Waals surface area contributed by atoms with Crippen LogP contribution in [0.4, 0.5) is 10.5 Å². The first-order chi connectivity index (χ1) is 15.7. The summed E-state index contributed by atoms with van der Waals surface area (Å²) in [5, 5.41) is 22.0. The number of anilines is 1. The van der Waals surface area contributed by atoms with E-state index in [9.17, 15) is 14.7 Å². The van der Waals surface area contributed by atoms with Crippen molar-refractivity contribution >= 4 is 49.5 Å². The van der Waals surface area contributed by atoms with E-state index in [-0.39, 0.29) is 5.75 Å². The van der Waals surface area contributed by atoms with Crippen LogP contribution in [0.5, 0.6) is 5.75 Å². The zero-order valence-corrected chi connectivity index (χ0v) is 21.4. The number of halogens is 2. The largest absolute Gasteiger partial charge is 0.506 e. The van der Waals surface area contributed by atoms with Crippen molar-refractivity contribution in [3.8, 4) is 5.75 Å². The van der Waals surface area contributed by atoms with Crippen molar-refractivity contribution in [2.24, 2.45) is 0 Å². The molecule has 8 nitrogen and oxygen atoms in total. The van der Waals surface area contributed by atoms with Crippen molar-refractivity contribution < 1.29 is 29.4 Å². The number of hydrogen-bond donors (Lipinski definition) is 4. The summed E-state index contributed by atoms with van der Waals surface area (Å²) in [5.41, 5.74) is 3.49. The van der Waals surface area contributed by atoms with Gasteiger partial charge in [0.2, 0.25) is 0 Å². The quantitative estimate of drug-likeness (QED) is 0.160. The van der Waals surface area contributed by atoms with Crippen molar-refractivity contribution in [2.45, 2.75) is 38.9 Å². The van der Waals surface area contributed by atoms with E-state index in [2.05, 4.69) is 37.2 Å². The van der Waals surface area contributed by atoms with Crippen LogP contribution in [0.2, 0.25) is 0 Å². The molecule has 10 heteroatoms. The molecule has 2 atom stereocenters. The Morgan fingerprint density at radius 3 is 2.52 bits per heavy atom. The second-order valence-electron chi connectivity index (χ2n) is 7.09. The number of hydroxylamine groups is 1. The Bertz CT molecular complexity index is 982. The number of phenols is 1. The average molecular weight is 586 g/mol. The van der Waals surface area contributed by atoms with Gasteiger partial charge in [-0.15, -0.1) is 0 Å². The van der Waals surface area contributed by atoms with Crippen LogP contribution < -0.4 is 10.8 Å². The van der Waals surface area contributed by atoms with Crippen LogP contribution in [0.3, 0.4) is 0 Å². The Morgan fingerprint density at radius 1 is 1.18 bits per heavy atom. The molecular weight excluding hydrogens is 560 g/mol. The third-order valence-electron chi connectivity index (χ3n) is 4.61. The maximum atomic E-state index is 12.7. The molecule has 2 rings (SSSR count). The summed E-state index contributed by atoms with van der Waals surface area (Å²) in [5.74, 6) is -0.729. The van der Waals surface area contributed by atoms with Gasteiger partial charge >= 0.3 is 6.09 Å². The minimum atomic E-state index is -0.954. The van der Waals surface area contributed by atoms with Crippen molar-refractivity contribution in [1.82, 2.24) is 5.48 Å². The number of amides is 2. The number of carbonyl (C=O) groups is 2. The van der Waals surface area contributed by atoms with E-state index >= 15 is 0 Å².